The van der Waals surface area contributed by atoms with Crippen molar-refractivity contribution in [3.05, 3.63) is 71.8 Å². The Bertz CT molecular complexity index is 1570. The number of pyridine rings is 2. The second-order valence-electron chi connectivity index (χ2n) is 10.2. The number of aromatic nitrogens is 2. The van der Waals surface area contributed by atoms with Crippen molar-refractivity contribution >= 4 is 44.8 Å². The van der Waals surface area contributed by atoms with Gasteiger partial charge in [-0.2, -0.15) is 0 Å². The molecule has 1 aromatic carbocycles. The molecule has 0 radical (unpaired) electrons. The molecule has 1 saturated carbocycles. The number of halogens is 1. The molecular weight excluding hydrogens is 561 g/mol. The lowest BCUT2D eigenvalue weighted by Gasteiger charge is -2.20. The maximum Gasteiger partial charge on any atom is 0.233 e. The van der Waals surface area contributed by atoms with E-state index in [1.54, 1.807) is 36.4 Å². The van der Waals surface area contributed by atoms with E-state index in [2.05, 4.69) is 20.2 Å². The molecule has 0 unspecified atom stereocenters. The number of thiophene rings is 1. The summed E-state index contributed by atoms with van der Waals surface area (Å²) < 4.78 is 27.0. The number of fused-ring (bicyclic) bond motifs is 1. The Morgan fingerprint density at radius 1 is 1.12 bits per heavy atom. The SMILES string of the molecule is COCCNCc1ccc(-c2cc3nccc(Oc4ccc(CC(=O)N5CCN(C6CC6)C5=S)cc4F)c3s2)nc1. The maximum absolute atomic E-state index is 15.1. The minimum absolute atomic E-state index is 0.0820. The van der Waals surface area contributed by atoms with Gasteiger partial charge in [-0.05, 0) is 60.5 Å². The summed E-state index contributed by atoms with van der Waals surface area (Å²) in [5.74, 6) is -0.0478. The van der Waals surface area contributed by atoms with E-state index in [0.717, 1.165) is 52.3 Å². The minimum Gasteiger partial charge on any atom is -0.453 e. The van der Waals surface area contributed by atoms with E-state index in [1.165, 1.54) is 17.4 Å². The third-order valence-electron chi connectivity index (χ3n) is 7.17. The summed E-state index contributed by atoms with van der Waals surface area (Å²) in [7, 11) is 1.68. The summed E-state index contributed by atoms with van der Waals surface area (Å²) in [5, 5.41) is 3.90. The van der Waals surface area contributed by atoms with Crippen LogP contribution in [0.15, 0.2) is 54.9 Å². The number of nitrogens with zero attached hydrogens (tertiary/aromatic N) is 4. The quantitative estimate of drug-likeness (QED) is 0.189. The molecule has 0 bridgehead atoms. The fourth-order valence-corrected chi connectivity index (χ4v) is 6.31. The molecule has 212 valence electrons. The van der Waals surface area contributed by atoms with Crippen LogP contribution in [0, 0.1) is 5.82 Å². The molecule has 1 aliphatic heterocycles. The van der Waals surface area contributed by atoms with Crippen LogP contribution in [0.3, 0.4) is 0 Å². The topological polar surface area (TPSA) is 79.8 Å². The van der Waals surface area contributed by atoms with Crippen molar-refractivity contribution in [3.8, 4) is 22.1 Å². The van der Waals surface area contributed by atoms with Crippen LogP contribution < -0.4 is 10.1 Å². The van der Waals surface area contributed by atoms with Gasteiger partial charge in [-0.15, -0.1) is 11.3 Å². The smallest absolute Gasteiger partial charge is 0.233 e. The van der Waals surface area contributed by atoms with Gasteiger partial charge >= 0.3 is 0 Å². The van der Waals surface area contributed by atoms with Gasteiger partial charge in [-0.25, -0.2) is 4.39 Å². The zero-order valence-corrected chi connectivity index (χ0v) is 24.3. The maximum atomic E-state index is 15.1. The number of rotatable bonds is 11. The first-order valence-electron chi connectivity index (χ1n) is 13.6. The van der Waals surface area contributed by atoms with Crippen LogP contribution >= 0.6 is 23.6 Å². The predicted molar refractivity (Wildman–Crippen MR) is 161 cm³/mol. The Balaban J connectivity index is 1.13. The molecule has 11 heteroatoms. The van der Waals surface area contributed by atoms with Gasteiger partial charge in [0.1, 0.15) is 5.75 Å². The van der Waals surface area contributed by atoms with Crippen LogP contribution in [0.25, 0.3) is 20.8 Å². The van der Waals surface area contributed by atoms with Gasteiger partial charge in [0.05, 0.1) is 33.8 Å². The van der Waals surface area contributed by atoms with E-state index in [0.29, 0.717) is 42.2 Å². The molecule has 3 aromatic heterocycles. The van der Waals surface area contributed by atoms with Gasteiger partial charge in [-0.3, -0.25) is 19.7 Å². The van der Waals surface area contributed by atoms with E-state index in [1.807, 2.05) is 24.4 Å². The first-order chi connectivity index (χ1) is 20.0. The lowest BCUT2D eigenvalue weighted by Crippen LogP contribution is -2.37. The van der Waals surface area contributed by atoms with Crippen LogP contribution in [-0.4, -0.2) is 70.2 Å². The second kappa shape index (κ2) is 12.2. The highest BCUT2D eigenvalue weighted by atomic mass is 32.1. The van der Waals surface area contributed by atoms with E-state index in [-0.39, 0.29) is 18.1 Å². The van der Waals surface area contributed by atoms with Gasteiger partial charge < -0.3 is 19.7 Å². The van der Waals surface area contributed by atoms with Crippen molar-refractivity contribution in [1.82, 2.24) is 25.1 Å². The molecule has 4 aromatic rings. The fraction of sp³-hybridized carbons (Fsp3) is 0.333. The average molecular weight is 592 g/mol. The average Bonchev–Trinajstić information content (AvgIpc) is 3.59. The molecular formula is C30H30FN5O3S2. The number of benzene rings is 1. The van der Waals surface area contributed by atoms with Crippen molar-refractivity contribution in [1.29, 1.82) is 0 Å². The number of thiocarbonyl (C=S) groups is 1. The highest BCUT2D eigenvalue weighted by molar-refractivity contribution is 7.80. The van der Waals surface area contributed by atoms with E-state index in [9.17, 15) is 4.79 Å². The standard InChI is InChI=1S/C30H30FN5O3S2/c1-38-13-10-32-17-20-2-6-23(34-18-20)27-16-24-29(41-27)26(8-9-33-24)39-25-7-3-19(14-22(25)31)15-28(37)36-12-11-35(30(36)40)21-4-5-21/h2-3,6-9,14,16,18,21,32H,4-5,10-13,15,17H2,1H3. The molecule has 1 amide bonds. The monoisotopic (exact) mass is 591 g/mol. The van der Waals surface area contributed by atoms with Gasteiger partial charge in [0.2, 0.25) is 5.91 Å². The van der Waals surface area contributed by atoms with Crippen LogP contribution in [0.2, 0.25) is 0 Å². The van der Waals surface area contributed by atoms with Crippen LogP contribution in [0.5, 0.6) is 11.5 Å². The van der Waals surface area contributed by atoms with E-state index < -0.39 is 5.82 Å². The third kappa shape index (κ3) is 6.23. The van der Waals surface area contributed by atoms with E-state index in [4.69, 9.17) is 21.7 Å². The summed E-state index contributed by atoms with van der Waals surface area (Å²) in [6.07, 6.45) is 5.84. The third-order valence-corrected chi connectivity index (χ3v) is 8.78. The Morgan fingerprint density at radius 2 is 1.98 bits per heavy atom. The van der Waals surface area contributed by atoms with E-state index >= 15 is 4.39 Å². The zero-order valence-electron chi connectivity index (χ0n) is 22.6. The number of carbonyl (C=O) groups excluding carboxylic acids is 1. The molecule has 6 rings (SSSR count). The molecule has 2 aliphatic rings. The van der Waals surface area contributed by atoms with Crippen molar-refractivity contribution in [3.63, 3.8) is 0 Å². The molecule has 0 atom stereocenters. The molecule has 0 spiro atoms. The normalized spacial score (nSPS) is 15.2. The molecule has 1 aliphatic carbocycles. The summed E-state index contributed by atoms with van der Waals surface area (Å²) in [6.45, 7) is 3.51. The number of methoxy groups -OCH3 is 1. The van der Waals surface area contributed by atoms with Crippen molar-refractivity contribution in [2.24, 2.45) is 0 Å². The summed E-state index contributed by atoms with van der Waals surface area (Å²) >= 11 is 7.01. The second-order valence-corrected chi connectivity index (χ2v) is 11.6. The van der Waals surface area contributed by atoms with Crippen LogP contribution in [-0.2, 0) is 22.5 Å². The Labute approximate surface area is 247 Å². The number of nitrogens with one attached hydrogen (secondary N) is 1. The summed E-state index contributed by atoms with van der Waals surface area (Å²) in [6, 6.07) is 12.8. The lowest BCUT2D eigenvalue weighted by atomic mass is 10.1. The Morgan fingerprint density at radius 3 is 2.73 bits per heavy atom. The predicted octanol–water partition coefficient (Wildman–Crippen LogP) is 5.16. The largest absolute Gasteiger partial charge is 0.453 e. The van der Waals surface area contributed by atoms with Crippen LogP contribution in [0.1, 0.15) is 24.0 Å². The van der Waals surface area contributed by atoms with Crippen molar-refractivity contribution < 1.29 is 18.7 Å². The number of amides is 1. The van der Waals surface area contributed by atoms with Gasteiger partial charge in [0, 0.05) is 57.8 Å². The Kier molecular flexibility index (Phi) is 8.20. The first kappa shape index (κ1) is 27.6. The highest BCUT2D eigenvalue weighted by Crippen LogP contribution is 2.39. The molecule has 41 heavy (non-hydrogen) atoms. The highest BCUT2D eigenvalue weighted by Gasteiger charge is 2.38. The van der Waals surface area contributed by atoms with Gasteiger partial charge in [0.15, 0.2) is 16.7 Å². The fourth-order valence-electron chi connectivity index (χ4n) is 4.84. The summed E-state index contributed by atoms with van der Waals surface area (Å²) in [5.41, 5.74) is 3.24. The van der Waals surface area contributed by atoms with Crippen molar-refractivity contribution in [2.45, 2.75) is 31.8 Å². The Hall–Kier alpha value is -3.51. The van der Waals surface area contributed by atoms with Crippen molar-refractivity contribution in [2.75, 3.05) is 33.4 Å². The molecule has 8 nitrogen and oxygen atoms in total. The van der Waals surface area contributed by atoms with Gasteiger partial charge in [0.25, 0.3) is 0 Å². The molecule has 4 heterocycles. The number of carbonyl (C=O) groups is 1. The van der Waals surface area contributed by atoms with Crippen LogP contribution in [0.4, 0.5) is 4.39 Å². The number of hydrogen-bond donors (Lipinski definition) is 1. The molecule has 1 N–H and O–H groups in total. The minimum atomic E-state index is -0.531. The molecule has 2 fully saturated rings. The summed E-state index contributed by atoms with van der Waals surface area (Å²) in [4.78, 5) is 26.7. The number of ether oxygens (including phenoxy) is 2. The molecule has 1 saturated heterocycles. The number of hydrogen-bond acceptors (Lipinski definition) is 8. The first-order valence-corrected chi connectivity index (χ1v) is 14.8. The zero-order chi connectivity index (χ0) is 28.3. The lowest BCUT2D eigenvalue weighted by molar-refractivity contribution is -0.126. The van der Waals surface area contributed by atoms with Gasteiger partial charge in [-0.1, -0.05) is 12.1 Å².